The van der Waals surface area contributed by atoms with Crippen LogP contribution in [-0.4, -0.2) is 50.8 Å². The van der Waals surface area contributed by atoms with Crippen LogP contribution in [0.5, 0.6) is 0 Å². The van der Waals surface area contributed by atoms with Gasteiger partial charge in [-0.05, 0) is 66.2 Å². The molecule has 0 amide bonds. The summed E-state index contributed by atoms with van der Waals surface area (Å²) in [5, 5.41) is 6.70. The Balaban J connectivity index is 1.34. The molecule has 1 fully saturated rings. The van der Waals surface area contributed by atoms with Crippen molar-refractivity contribution < 1.29 is 4.39 Å². The smallest absolute Gasteiger partial charge is 0.228 e. The number of piperazine rings is 1. The maximum absolute atomic E-state index is 13.7. The van der Waals surface area contributed by atoms with Crippen LogP contribution in [0.3, 0.4) is 0 Å². The largest absolute Gasteiger partial charge is 0.383 e. The van der Waals surface area contributed by atoms with Gasteiger partial charge in [0, 0.05) is 48.3 Å². The zero-order chi connectivity index (χ0) is 26.2. The second kappa shape index (κ2) is 10.2. The maximum Gasteiger partial charge on any atom is 0.228 e. The zero-order valence-corrected chi connectivity index (χ0v) is 21.9. The van der Waals surface area contributed by atoms with E-state index < -0.39 is 0 Å². The molecule has 38 heavy (non-hydrogen) atoms. The fourth-order valence-electron chi connectivity index (χ4n) is 4.69. The monoisotopic (exact) mass is 547 g/mol. The standard InChI is InChI=1S/C28H24Cl2FN7/c29-20-5-1-18(2-6-20)17-36-13-15-37(16-14-36)28-33-25(19-3-9-22(31)10-4-19)24-26(32)38(35-27(24)34-28)23-11-7-21(30)8-12-23/h1-12H,13-17,32H2. The first-order valence-electron chi connectivity index (χ1n) is 12.2. The number of hydrogen-bond acceptors (Lipinski definition) is 6. The summed E-state index contributed by atoms with van der Waals surface area (Å²) < 4.78 is 15.4. The molecule has 3 heterocycles. The molecule has 5 aromatic rings. The Morgan fingerprint density at radius 2 is 1.42 bits per heavy atom. The summed E-state index contributed by atoms with van der Waals surface area (Å²) >= 11 is 12.1. The summed E-state index contributed by atoms with van der Waals surface area (Å²) in [6.07, 6.45) is 0. The Bertz CT molecular complexity index is 1580. The van der Waals surface area contributed by atoms with E-state index in [4.69, 9.17) is 44.0 Å². The predicted molar refractivity (Wildman–Crippen MR) is 150 cm³/mol. The van der Waals surface area contributed by atoms with E-state index >= 15 is 0 Å². The van der Waals surface area contributed by atoms with E-state index in [-0.39, 0.29) is 5.82 Å². The molecule has 0 atom stereocenters. The first-order valence-corrected chi connectivity index (χ1v) is 13.0. The minimum Gasteiger partial charge on any atom is -0.383 e. The van der Waals surface area contributed by atoms with Crippen LogP contribution in [0.15, 0.2) is 72.8 Å². The van der Waals surface area contributed by atoms with Crippen LogP contribution >= 0.6 is 23.2 Å². The number of nitrogen functional groups attached to an aromatic ring is 1. The Labute approximate surface area is 229 Å². The molecule has 192 valence electrons. The molecule has 1 aliphatic heterocycles. The lowest BCUT2D eigenvalue weighted by Crippen LogP contribution is -2.46. The van der Waals surface area contributed by atoms with Gasteiger partial charge in [0.15, 0.2) is 5.65 Å². The summed E-state index contributed by atoms with van der Waals surface area (Å²) in [5.74, 6) is 0.658. The van der Waals surface area contributed by atoms with Crippen LogP contribution in [-0.2, 0) is 6.54 Å². The predicted octanol–water partition coefficient (Wildman–Crippen LogP) is 5.83. The molecular formula is C28H24Cl2FN7. The number of nitrogens with two attached hydrogens (primary N) is 1. The van der Waals surface area contributed by atoms with E-state index in [0.29, 0.717) is 33.5 Å². The van der Waals surface area contributed by atoms with Crippen molar-refractivity contribution in [3.05, 3.63) is 94.2 Å². The lowest BCUT2D eigenvalue weighted by atomic mass is 10.1. The molecule has 6 rings (SSSR count). The number of halogens is 3. The molecule has 1 saturated heterocycles. The molecule has 0 radical (unpaired) electrons. The molecule has 2 aromatic heterocycles. The molecule has 1 aliphatic rings. The minimum atomic E-state index is -0.319. The first-order chi connectivity index (χ1) is 18.4. The molecule has 10 heteroatoms. The number of aromatic nitrogens is 4. The van der Waals surface area contributed by atoms with Crippen LogP contribution in [0.4, 0.5) is 16.2 Å². The summed E-state index contributed by atoms with van der Waals surface area (Å²) in [7, 11) is 0. The van der Waals surface area contributed by atoms with Crippen molar-refractivity contribution in [1.82, 2.24) is 24.6 Å². The van der Waals surface area contributed by atoms with E-state index in [0.717, 1.165) is 49.0 Å². The van der Waals surface area contributed by atoms with Gasteiger partial charge in [-0.15, -0.1) is 5.10 Å². The molecule has 0 spiro atoms. The van der Waals surface area contributed by atoms with Gasteiger partial charge in [-0.3, -0.25) is 4.90 Å². The van der Waals surface area contributed by atoms with Crippen molar-refractivity contribution in [3.8, 4) is 16.9 Å². The van der Waals surface area contributed by atoms with Gasteiger partial charge in [-0.1, -0.05) is 35.3 Å². The second-order valence-electron chi connectivity index (χ2n) is 9.24. The number of nitrogens with zero attached hydrogens (tertiary/aromatic N) is 6. The second-order valence-corrected chi connectivity index (χ2v) is 10.1. The molecule has 7 nitrogen and oxygen atoms in total. The zero-order valence-electron chi connectivity index (χ0n) is 20.4. The van der Waals surface area contributed by atoms with Crippen LogP contribution in [0, 0.1) is 5.82 Å². The number of fused-ring (bicyclic) bond motifs is 1. The van der Waals surface area contributed by atoms with Gasteiger partial charge in [0.1, 0.15) is 11.6 Å². The Kier molecular flexibility index (Phi) is 6.61. The highest BCUT2D eigenvalue weighted by atomic mass is 35.5. The van der Waals surface area contributed by atoms with Crippen molar-refractivity contribution >= 4 is 46.0 Å². The Morgan fingerprint density at radius 3 is 2.08 bits per heavy atom. The average Bonchev–Trinajstić information content (AvgIpc) is 3.27. The third-order valence-corrected chi connectivity index (χ3v) is 7.22. The number of hydrogen-bond donors (Lipinski definition) is 1. The summed E-state index contributed by atoms with van der Waals surface area (Å²) in [5.41, 5.74) is 10.4. The van der Waals surface area contributed by atoms with Gasteiger partial charge in [-0.25, -0.2) is 14.1 Å². The normalized spacial score (nSPS) is 14.3. The van der Waals surface area contributed by atoms with Crippen molar-refractivity contribution in [3.63, 3.8) is 0 Å². The van der Waals surface area contributed by atoms with Gasteiger partial charge >= 0.3 is 0 Å². The van der Waals surface area contributed by atoms with Crippen molar-refractivity contribution in [2.75, 3.05) is 36.8 Å². The van der Waals surface area contributed by atoms with E-state index in [1.165, 1.54) is 17.7 Å². The average molecular weight is 548 g/mol. The van der Waals surface area contributed by atoms with E-state index in [1.807, 2.05) is 24.3 Å². The number of anilines is 2. The maximum atomic E-state index is 13.7. The molecule has 2 N–H and O–H groups in total. The molecule has 3 aromatic carbocycles. The SMILES string of the molecule is Nc1c2c(-c3ccc(F)cc3)nc(N3CCN(Cc4ccc(Cl)cc4)CC3)nc2nn1-c1ccc(Cl)cc1. The highest BCUT2D eigenvalue weighted by molar-refractivity contribution is 6.30. The fraction of sp³-hybridized carbons (Fsp3) is 0.179. The van der Waals surface area contributed by atoms with Gasteiger partial charge in [0.05, 0.1) is 16.8 Å². The topological polar surface area (TPSA) is 76.1 Å². The van der Waals surface area contributed by atoms with E-state index in [1.54, 1.807) is 28.9 Å². The van der Waals surface area contributed by atoms with Crippen LogP contribution in [0.1, 0.15) is 5.56 Å². The fourth-order valence-corrected chi connectivity index (χ4v) is 4.94. The van der Waals surface area contributed by atoms with Crippen LogP contribution in [0.25, 0.3) is 28.0 Å². The molecule has 0 saturated carbocycles. The highest BCUT2D eigenvalue weighted by Gasteiger charge is 2.24. The van der Waals surface area contributed by atoms with E-state index in [2.05, 4.69) is 21.9 Å². The van der Waals surface area contributed by atoms with E-state index in [9.17, 15) is 4.39 Å². The lowest BCUT2D eigenvalue weighted by Gasteiger charge is -2.34. The minimum absolute atomic E-state index is 0.319. The van der Waals surface area contributed by atoms with Crippen LogP contribution < -0.4 is 10.6 Å². The van der Waals surface area contributed by atoms with Gasteiger partial charge in [0.2, 0.25) is 5.95 Å². The van der Waals surface area contributed by atoms with Gasteiger partial charge in [-0.2, -0.15) is 4.98 Å². The van der Waals surface area contributed by atoms with Crippen molar-refractivity contribution in [1.29, 1.82) is 0 Å². The van der Waals surface area contributed by atoms with Crippen molar-refractivity contribution in [2.45, 2.75) is 6.54 Å². The van der Waals surface area contributed by atoms with Crippen molar-refractivity contribution in [2.24, 2.45) is 0 Å². The Hall–Kier alpha value is -3.72. The first kappa shape index (κ1) is 24.6. The van der Waals surface area contributed by atoms with Gasteiger partial charge in [0.25, 0.3) is 0 Å². The lowest BCUT2D eigenvalue weighted by molar-refractivity contribution is 0.249. The van der Waals surface area contributed by atoms with Crippen LogP contribution in [0.2, 0.25) is 10.0 Å². The quantitative estimate of drug-likeness (QED) is 0.298. The molecular weight excluding hydrogens is 524 g/mol. The number of rotatable bonds is 5. The number of benzene rings is 3. The summed E-state index contributed by atoms with van der Waals surface area (Å²) in [6.45, 7) is 4.09. The molecule has 0 aliphatic carbocycles. The third kappa shape index (κ3) is 4.90. The van der Waals surface area contributed by atoms with Gasteiger partial charge < -0.3 is 10.6 Å². The summed E-state index contributed by atoms with van der Waals surface area (Å²) in [6, 6.07) is 21.4. The molecule has 0 unspecified atom stereocenters. The third-order valence-electron chi connectivity index (χ3n) is 6.72. The molecule has 0 bridgehead atoms. The Morgan fingerprint density at radius 1 is 0.789 bits per heavy atom. The summed E-state index contributed by atoms with van der Waals surface area (Å²) in [4.78, 5) is 14.3. The highest BCUT2D eigenvalue weighted by Crippen LogP contribution is 2.34.